The predicted molar refractivity (Wildman–Crippen MR) is 108 cm³/mol. The second kappa shape index (κ2) is 8.87. The predicted octanol–water partition coefficient (Wildman–Crippen LogP) is 3.81. The van der Waals surface area contributed by atoms with Crippen molar-refractivity contribution in [2.75, 3.05) is 6.54 Å². The number of sulfonamides is 1. The van der Waals surface area contributed by atoms with Crippen molar-refractivity contribution in [2.45, 2.75) is 45.1 Å². The van der Waals surface area contributed by atoms with Crippen molar-refractivity contribution in [3.63, 3.8) is 0 Å². The second-order valence-corrected chi connectivity index (χ2v) is 8.86. The number of carbonyl (C=O) groups is 1. The van der Waals surface area contributed by atoms with Gasteiger partial charge in [-0.05, 0) is 56.5 Å². The van der Waals surface area contributed by atoms with Gasteiger partial charge in [-0.3, -0.25) is 4.79 Å². The molecule has 0 saturated carbocycles. The fourth-order valence-electron chi connectivity index (χ4n) is 3.11. The molecule has 0 saturated heterocycles. The Morgan fingerprint density at radius 2 is 1.63 bits per heavy atom. The number of carbonyl (C=O) groups excluding carboxylic acids is 1. The Morgan fingerprint density at radius 3 is 2.19 bits per heavy atom. The van der Waals surface area contributed by atoms with Crippen molar-refractivity contribution < 1.29 is 13.2 Å². The molecule has 0 heterocycles. The van der Waals surface area contributed by atoms with Crippen LogP contribution >= 0.6 is 11.6 Å². The first-order chi connectivity index (χ1) is 12.6. The van der Waals surface area contributed by atoms with Crippen molar-refractivity contribution in [3.8, 4) is 0 Å². The van der Waals surface area contributed by atoms with Crippen molar-refractivity contribution in [3.05, 3.63) is 63.7 Å². The highest BCUT2D eigenvalue weighted by Crippen LogP contribution is 2.21. The third kappa shape index (κ3) is 5.79. The van der Waals surface area contributed by atoms with Crippen LogP contribution in [0.15, 0.2) is 41.3 Å². The molecule has 146 valence electrons. The first-order valence-corrected chi connectivity index (χ1v) is 10.6. The van der Waals surface area contributed by atoms with Gasteiger partial charge in [0, 0.05) is 18.0 Å². The standard InChI is InChI=1S/C20H25ClN2O3S/c1-13-11-14(2)20(15(3)12-13)27(25,26)22-10-9-19(24)23-16(4)17-5-7-18(21)8-6-17/h5-8,11-12,16,22H,9-10H2,1-4H3,(H,23,24). The molecule has 0 aliphatic carbocycles. The lowest BCUT2D eigenvalue weighted by molar-refractivity contribution is -0.121. The third-order valence-electron chi connectivity index (χ3n) is 4.27. The molecule has 0 aromatic heterocycles. The molecule has 5 nitrogen and oxygen atoms in total. The average molecular weight is 409 g/mol. The van der Waals surface area contributed by atoms with Gasteiger partial charge in [0.2, 0.25) is 15.9 Å². The van der Waals surface area contributed by atoms with Gasteiger partial charge in [-0.2, -0.15) is 0 Å². The molecule has 0 aliphatic rings. The van der Waals surface area contributed by atoms with Gasteiger partial charge in [0.15, 0.2) is 0 Å². The lowest BCUT2D eigenvalue weighted by Gasteiger charge is -2.15. The Balaban J connectivity index is 1.93. The van der Waals surface area contributed by atoms with Crippen molar-refractivity contribution in [1.82, 2.24) is 10.0 Å². The summed E-state index contributed by atoms with van der Waals surface area (Å²) >= 11 is 5.86. The average Bonchev–Trinajstić information content (AvgIpc) is 2.53. The van der Waals surface area contributed by atoms with E-state index in [4.69, 9.17) is 11.6 Å². The Labute approximate surface area is 166 Å². The van der Waals surface area contributed by atoms with Gasteiger partial charge in [0.05, 0.1) is 10.9 Å². The number of aryl methyl sites for hydroxylation is 3. The molecule has 2 aromatic rings. The van der Waals surface area contributed by atoms with E-state index in [1.54, 1.807) is 26.0 Å². The zero-order valence-electron chi connectivity index (χ0n) is 16.0. The number of hydrogen-bond donors (Lipinski definition) is 2. The molecule has 1 amide bonds. The molecule has 1 unspecified atom stereocenters. The molecule has 0 radical (unpaired) electrons. The van der Waals surface area contributed by atoms with Crippen molar-refractivity contribution >= 4 is 27.5 Å². The van der Waals surface area contributed by atoms with E-state index in [1.807, 2.05) is 38.1 Å². The van der Waals surface area contributed by atoms with Crippen LogP contribution in [0.4, 0.5) is 0 Å². The molecule has 0 spiro atoms. The van der Waals surface area contributed by atoms with E-state index in [0.717, 1.165) is 11.1 Å². The number of halogens is 1. The molecule has 2 rings (SSSR count). The Bertz CT molecular complexity index is 902. The van der Waals surface area contributed by atoms with Gasteiger partial charge in [0.25, 0.3) is 0 Å². The minimum Gasteiger partial charge on any atom is -0.350 e. The summed E-state index contributed by atoms with van der Waals surface area (Å²) in [6, 6.07) is 10.7. The first kappa shape index (κ1) is 21.4. The van der Waals surface area contributed by atoms with Crippen LogP contribution < -0.4 is 10.0 Å². The highest BCUT2D eigenvalue weighted by atomic mass is 35.5. The first-order valence-electron chi connectivity index (χ1n) is 8.72. The van der Waals surface area contributed by atoms with E-state index in [2.05, 4.69) is 10.0 Å². The quantitative estimate of drug-likeness (QED) is 0.731. The maximum Gasteiger partial charge on any atom is 0.241 e. The zero-order chi connectivity index (χ0) is 20.2. The minimum absolute atomic E-state index is 0.0360. The van der Waals surface area contributed by atoms with E-state index in [1.165, 1.54) is 0 Å². The fraction of sp³-hybridized carbons (Fsp3) is 0.350. The topological polar surface area (TPSA) is 75.3 Å². The van der Waals surface area contributed by atoms with E-state index in [-0.39, 0.29) is 29.8 Å². The van der Waals surface area contributed by atoms with Gasteiger partial charge < -0.3 is 5.32 Å². The summed E-state index contributed by atoms with van der Waals surface area (Å²) in [6.45, 7) is 7.37. The van der Waals surface area contributed by atoms with Crippen LogP contribution in [0.25, 0.3) is 0 Å². The van der Waals surface area contributed by atoms with Gasteiger partial charge in [-0.1, -0.05) is 41.4 Å². The van der Waals surface area contributed by atoms with E-state index in [0.29, 0.717) is 16.1 Å². The Morgan fingerprint density at radius 1 is 1.07 bits per heavy atom. The largest absolute Gasteiger partial charge is 0.350 e. The van der Waals surface area contributed by atoms with Gasteiger partial charge in [-0.15, -0.1) is 0 Å². The minimum atomic E-state index is -3.66. The van der Waals surface area contributed by atoms with Gasteiger partial charge in [-0.25, -0.2) is 13.1 Å². The summed E-state index contributed by atoms with van der Waals surface area (Å²) in [7, 11) is -3.66. The molecular weight excluding hydrogens is 384 g/mol. The van der Waals surface area contributed by atoms with E-state index >= 15 is 0 Å². The normalized spacial score (nSPS) is 12.6. The third-order valence-corrected chi connectivity index (χ3v) is 6.28. The smallest absolute Gasteiger partial charge is 0.241 e. The van der Waals surface area contributed by atoms with Crippen LogP contribution in [0.2, 0.25) is 5.02 Å². The van der Waals surface area contributed by atoms with Gasteiger partial charge >= 0.3 is 0 Å². The molecule has 2 N–H and O–H groups in total. The number of rotatable bonds is 7. The monoisotopic (exact) mass is 408 g/mol. The summed E-state index contributed by atoms with van der Waals surface area (Å²) in [5, 5.41) is 3.49. The highest BCUT2D eigenvalue weighted by molar-refractivity contribution is 7.89. The zero-order valence-corrected chi connectivity index (χ0v) is 17.5. The van der Waals surface area contributed by atoms with Crippen LogP contribution in [0.3, 0.4) is 0 Å². The SMILES string of the molecule is Cc1cc(C)c(S(=O)(=O)NCCC(=O)NC(C)c2ccc(Cl)cc2)c(C)c1. The molecule has 2 aromatic carbocycles. The lowest BCUT2D eigenvalue weighted by atomic mass is 10.1. The van der Waals surface area contributed by atoms with Crippen molar-refractivity contribution in [2.24, 2.45) is 0 Å². The summed E-state index contributed by atoms with van der Waals surface area (Å²) in [5.74, 6) is -0.225. The van der Waals surface area contributed by atoms with Crippen LogP contribution in [0, 0.1) is 20.8 Å². The van der Waals surface area contributed by atoms with Crippen LogP contribution in [-0.2, 0) is 14.8 Å². The summed E-state index contributed by atoms with van der Waals surface area (Å²) in [5.41, 5.74) is 3.33. The number of benzene rings is 2. The molecular formula is C20H25ClN2O3S. The number of nitrogens with one attached hydrogen (secondary N) is 2. The van der Waals surface area contributed by atoms with E-state index in [9.17, 15) is 13.2 Å². The molecule has 7 heteroatoms. The van der Waals surface area contributed by atoms with Crippen molar-refractivity contribution in [1.29, 1.82) is 0 Å². The van der Waals surface area contributed by atoms with Crippen LogP contribution in [-0.4, -0.2) is 20.9 Å². The molecule has 0 fully saturated rings. The number of hydrogen-bond acceptors (Lipinski definition) is 3. The highest BCUT2D eigenvalue weighted by Gasteiger charge is 2.20. The van der Waals surface area contributed by atoms with Crippen LogP contribution in [0.1, 0.15) is 41.6 Å². The molecule has 27 heavy (non-hydrogen) atoms. The van der Waals surface area contributed by atoms with Gasteiger partial charge in [0.1, 0.15) is 0 Å². The summed E-state index contributed by atoms with van der Waals surface area (Å²) in [4.78, 5) is 12.4. The maximum absolute atomic E-state index is 12.6. The second-order valence-electron chi connectivity index (χ2n) is 6.72. The Hall–Kier alpha value is -1.89. The Kier molecular flexibility index (Phi) is 7.03. The fourth-order valence-corrected chi connectivity index (χ4v) is 4.72. The van der Waals surface area contributed by atoms with Crippen LogP contribution in [0.5, 0.6) is 0 Å². The van der Waals surface area contributed by atoms with E-state index < -0.39 is 10.0 Å². The molecule has 0 bridgehead atoms. The molecule has 1 atom stereocenters. The summed E-state index contributed by atoms with van der Waals surface area (Å²) in [6.07, 6.45) is 0.0567. The molecule has 0 aliphatic heterocycles. The number of amides is 1. The lowest BCUT2D eigenvalue weighted by Crippen LogP contribution is -2.32. The summed E-state index contributed by atoms with van der Waals surface area (Å²) < 4.78 is 27.7. The maximum atomic E-state index is 12.6.